The summed E-state index contributed by atoms with van der Waals surface area (Å²) in [4.78, 5) is 0. The van der Waals surface area contributed by atoms with E-state index in [0.717, 1.165) is 38.4 Å². The second-order valence-corrected chi connectivity index (χ2v) is 3.53. The molecule has 1 heterocycles. The van der Waals surface area contributed by atoms with E-state index >= 15 is 0 Å². The summed E-state index contributed by atoms with van der Waals surface area (Å²) in [5.41, 5.74) is 0. The van der Waals surface area contributed by atoms with Crippen molar-refractivity contribution in [3.05, 3.63) is 24.2 Å². The molecule has 1 N–H and O–H groups in total. The molecule has 0 aromatic carbocycles. The van der Waals surface area contributed by atoms with Crippen LogP contribution in [0.4, 0.5) is 0 Å². The minimum atomic E-state index is 0.431. The molecular formula is C12H21NO2. The molecule has 3 nitrogen and oxygen atoms in total. The molecule has 86 valence electrons. The summed E-state index contributed by atoms with van der Waals surface area (Å²) in [6, 6.07) is 4.38. The molecule has 1 atom stereocenters. The normalized spacial score (nSPS) is 12.9. The van der Waals surface area contributed by atoms with E-state index < -0.39 is 0 Å². The number of likely N-dealkylation sites (N-methyl/N-ethyl adjacent to an activating group) is 1. The van der Waals surface area contributed by atoms with Gasteiger partial charge in [-0.05, 0) is 32.0 Å². The van der Waals surface area contributed by atoms with E-state index in [1.54, 1.807) is 6.26 Å². The fraction of sp³-hybridized carbons (Fsp3) is 0.667. The summed E-state index contributed by atoms with van der Waals surface area (Å²) in [6.45, 7) is 6.69. The van der Waals surface area contributed by atoms with Crippen molar-refractivity contribution >= 4 is 0 Å². The highest BCUT2D eigenvalue weighted by Gasteiger charge is 2.08. The molecule has 1 aromatic heterocycles. The summed E-state index contributed by atoms with van der Waals surface area (Å²) >= 11 is 0. The average Bonchev–Trinajstić information content (AvgIpc) is 2.75. The predicted octanol–water partition coefficient (Wildman–Crippen LogP) is 2.23. The van der Waals surface area contributed by atoms with Crippen molar-refractivity contribution in [1.29, 1.82) is 0 Å². The summed E-state index contributed by atoms with van der Waals surface area (Å²) in [5, 5.41) is 3.41. The zero-order chi connectivity index (χ0) is 10.9. The lowest BCUT2D eigenvalue weighted by atomic mass is 10.1. The molecule has 0 saturated carbocycles. The van der Waals surface area contributed by atoms with Crippen molar-refractivity contribution < 1.29 is 9.15 Å². The minimum Gasteiger partial charge on any atom is -0.469 e. The molecule has 1 unspecified atom stereocenters. The van der Waals surface area contributed by atoms with Gasteiger partial charge < -0.3 is 14.5 Å². The van der Waals surface area contributed by atoms with Gasteiger partial charge in [-0.15, -0.1) is 0 Å². The summed E-state index contributed by atoms with van der Waals surface area (Å²) in [7, 11) is 0. The Morgan fingerprint density at radius 2 is 2.33 bits per heavy atom. The lowest BCUT2D eigenvalue weighted by molar-refractivity contribution is 0.120. The Labute approximate surface area is 91.8 Å². The van der Waals surface area contributed by atoms with Crippen molar-refractivity contribution in [2.45, 2.75) is 32.7 Å². The Morgan fingerprint density at radius 1 is 1.47 bits per heavy atom. The van der Waals surface area contributed by atoms with Crippen molar-refractivity contribution in [2.24, 2.45) is 0 Å². The van der Waals surface area contributed by atoms with Crippen molar-refractivity contribution in [1.82, 2.24) is 5.32 Å². The van der Waals surface area contributed by atoms with Crippen LogP contribution in [0.25, 0.3) is 0 Å². The molecule has 0 saturated heterocycles. The van der Waals surface area contributed by atoms with Crippen LogP contribution in [0.2, 0.25) is 0 Å². The number of nitrogens with one attached hydrogen (secondary N) is 1. The Balaban J connectivity index is 2.24. The predicted molar refractivity (Wildman–Crippen MR) is 61.0 cm³/mol. The summed E-state index contributed by atoms with van der Waals surface area (Å²) < 4.78 is 10.7. The van der Waals surface area contributed by atoms with Crippen molar-refractivity contribution in [3.8, 4) is 0 Å². The Morgan fingerprint density at radius 3 is 2.93 bits per heavy atom. The summed E-state index contributed by atoms with van der Waals surface area (Å²) in [5.74, 6) is 1.05. The van der Waals surface area contributed by atoms with Crippen molar-refractivity contribution in [3.63, 3.8) is 0 Å². The first-order valence-corrected chi connectivity index (χ1v) is 5.70. The number of ether oxygens (including phenoxy) is 1. The van der Waals surface area contributed by atoms with E-state index in [1.165, 1.54) is 0 Å². The molecule has 0 aliphatic heterocycles. The van der Waals surface area contributed by atoms with E-state index in [-0.39, 0.29) is 0 Å². The van der Waals surface area contributed by atoms with Crippen LogP contribution < -0.4 is 5.32 Å². The molecule has 0 aliphatic carbocycles. The molecule has 1 rings (SSSR count). The van der Waals surface area contributed by atoms with Gasteiger partial charge in [0.1, 0.15) is 5.76 Å². The van der Waals surface area contributed by atoms with Crippen LogP contribution in [0.3, 0.4) is 0 Å². The second-order valence-electron chi connectivity index (χ2n) is 3.53. The van der Waals surface area contributed by atoms with Gasteiger partial charge in [0.25, 0.3) is 0 Å². The molecule has 3 heteroatoms. The lowest BCUT2D eigenvalue weighted by Crippen LogP contribution is -2.33. The maximum absolute atomic E-state index is 5.42. The average molecular weight is 211 g/mol. The van der Waals surface area contributed by atoms with Crippen LogP contribution in [0, 0.1) is 0 Å². The first kappa shape index (κ1) is 12.3. The third-order valence-electron chi connectivity index (χ3n) is 2.34. The largest absolute Gasteiger partial charge is 0.469 e. The fourth-order valence-corrected chi connectivity index (χ4v) is 1.56. The van der Waals surface area contributed by atoms with Crippen LogP contribution in [0.5, 0.6) is 0 Å². The van der Waals surface area contributed by atoms with Gasteiger partial charge in [-0.1, -0.05) is 6.92 Å². The van der Waals surface area contributed by atoms with Gasteiger partial charge in [0.15, 0.2) is 0 Å². The van der Waals surface area contributed by atoms with E-state index in [1.807, 2.05) is 19.1 Å². The van der Waals surface area contributed by atoms with Crippen LogP contribution in [-0.4, -0.2) is 25.8 Å². The van der Waals surface area contributed by atoms with Gasteiger partial charge in [-0.3, -0.25) is 0 Å². The van der Waals surface area contributed by atoms with Gasteiger partial charge in [-0.2, -0.15) is 0 Å². The molecule has 0 amide bonds. The zero-order valence-electron chi connectivity index (χ0n) is 9.66. The number of hydrogen-bond donors (Lipinski definition) is 1. The van der Waals surface area contributed by atoms with Crippen LogP contribution >= 0.6 is 0 Å². The smallest absolute Gasteiger partial charge is 0.103 e. The summed E-state index contributed by atoms with van der Waals surface area (Å²) in [6.07, 6.45) is 3.75. The number of rotatable bonds is 8. The molecule has 15 heavy (non-hydrogen) atoms. The van der Waals surface area contributed by atoms with Gasteiger partial charge in [0.05, 0.1) is 12.9 Å². The minimum absolute atomic E-state index is 0.431. The molecule has 0 spiro atoms. The van der Waals surface area contributed by atoms with E-state index in [2.05, 4.69) is 12.2 Å². The maximum atomic E-state index is 5.42. The standard InChI is InChI=1S/C12H21NO2/c1-3-13-11(10-14-4-2)7-8-12-6-5-9-15-12/h5-6,9,11,13H,3-4,7-8,10H2,1-2H3. The second kappa shape index (κ2) is 7.49. The number of hydrogen-bond acceptors (Lipinski definition) is 3. The quantitative estimate of drug-likeness (QED) is 0.716. The lowest BCUT2D eigenvalue weighted by Gasteiger charge is -2.16. The van der Waals surface area contributed by atoms with E-state index in [0.29, 0.717) is 6.04 Å². The molecule has 0 fully saturated rings. The van der Waals surface area contributed by atoms with Gasteiger partial charge in [-0.25, -0.2) is 0 Å². The molecule has 0 radical (unpaired) electrons. The van der Waals surface area contributed by atoms with E-state index in [4.69, 9.17) is 9.15 Å². The maximum Gasteiger partial charge on any atom is 0.103 e. The Kier molecular flexibility index (Phi) is 6.12. The van der Waals surface area contributed by atoms with Gasteiger partial charge in [0, 0.05) is 19.1 Å². The third-order valence-corrected chi connectivity index (χ3v) is 2.34. The topological polar surface area (TPSA) is 34.4 Å². The van der Waals surface area contributed by atoms with Gasteiger partial charge in [0.2, 0.25) is 0 Å². The number of aryl methyl sites for hydroxylation is 1. The fourth-order valence-electron chi connectivity index (χ4n) is 1.56. The highest BCUT2D eigenvalue weighted by Crippen LogP contribution is 2.06. The van der Waals surface area contributed by atoms with Crippen LogP contribution in [0.1, 0.15) is 26.0 Å². The molecular weight excluding hydrogens is 190 g/mol. The van der Waals surface area contributed by atoms with Crippen LogP contribution in [0.15, 0.2) is 22.8 Å². The molecule has 0 aliphatic rings. The van der Waals surface area contributed by atoms with Crippen LogP contribution in [-0.2, 0) is 11.2 Å². The zero-order valence-corrected chi connectivity index (χ0v) is 9.66. The Bertz CT molecular complexity index is 234. The Hall–Kier alpha value is -0.800. The monoisotopic (exact) mass is 211 g/mol. The van der Waals surface area contributed by atoms with Gasteiger partial charge >= 0.3 is 0 Å². The third kappa shape index (κ3) is 5.00. The number of furan rings is 1. The highest BCUT2D eigenvalue weighted by atomic mass is 16.5. The SMILES string of the molecule is CCNC(CCc1ccco1)COCC. The molecule has 1 aromatic rings. The first-order valence-electron chi connectivity index (χ1n) is 5.70. The first-order chi connectivity index (χ1) is 7.36. The van der Waals surface area contributed by atoms with Crippen molar-refractivity contribution in [2.75, 3.05) is 19.8 Å². The van der Waals surface area contributed by atoms with E-state index in [9.17, 15) is 0 Å². The molecule has 0 bridgehead atoms. The highest BCUT2D eigenvalue weighted by molar-refractivity contribution is 4.98.